The van der Waals surface area contributed by atoms with Crippen LogP contribution in [0.3, 0.4) is 0 Å². The maximum atomic E-state index is 14.6. The molecule has 0 aromatic heterocycles. The Kier molecular flexibility index (Phi) is 19.2. The second-order valence-electron chi connectivity index (χ2n) is 15.9. The molecule has 11 N–H and O–H groups in total. The summed E-state index contributed by atoms with van der Waals surface area (Å²) in [4.78, 5) is 88.3. The van der Waals surface area contributed by atoms with Gasteiger partial charge >= 0.3 is 0 Å². The van der Waals surface area contributed by atoms with Gasteiger partial charge in [0.2, 0.25) is 35.4 Å². The predicted octanol–water partition coefficient (Wildman–Crippen LogP) is 2.49. The van der Waals surface area contributed by atoms with Crippen molar-refractivity contribution >= 4 is 52.7 Å². The largest absolute Gasteiger partial charge is 0.371 e. The molecule has 1 aliphatic rings. The number of anilines is 1. The van der Waals surface area contributed by atoms with E-state index in [9.17, 15) is 28.8 Å². The van der Waals surface area contributed by atoms with Gasteiger partial charge in [-0.25, -0.2) is 0 Å². The van der Waals surface area contributed by atoms with Gasteiger partial charge in [-0.2, -0.15) is 0 Å². The lowest BCUT2D eigenvalue weighted by Crippen LogP contribution is -2.66. The maximum absolute atomic E-state index is 14.6. The van der Waals surface area contributed by atoms with E-state index in [1.54, 1.807) is 0 Å². The van der Waals surface area contributed by atoms with Crippen molar-refractivity contribution in [2.45, 2.75) is 102 Å². The van der Waals surface area contributed by atoms with Gasteiger partial charge < -0.3 is 48.7 Å². The normalized spacial score (nSPS) is 14.8. The number of amides is 6. The molecular formula is C47H64N10O6. The minimum Gasteiger partial charge on any atom is -0.371 e. The Labute approximate surface area is 370 Å². The standard InChI is InChI=1S/C47H64N10O6/c1-4-6-23-41(59)56-47(24-27-57(28-25-47)35-19-11-8-12-20-35)45(63)55-38(29-33-17-9-7-10-18-33)44(62)53-37(22-15-26-51-46(49)50)43(61)54-39(42(60)52-31-40(48)58)30-34(5-2)36-21-14-13-16-32(36)3/h5,7-14,16-21,37-39H,4,6,15,22-31H2,1-3H3,(H2,48,58)(H,52,60)(H,53,62)(H,54,61)(H,55,63)(H,56,59)(H4,49,50,51)/b34-5-/t37-,38+,39-/m0/s1. The highest BCUT2D eigenvalue weighted by Crippen LogP contribution is 2.28. The quantitative estimate of drug-likeness (QED) is 0.0395. The minimum absolute atomic E-state index is 0.0484. The van der Waals surface area contributed by atoms with E-state index < -0.39 is 59.7 Å². The lowest BCUT2D eigenvalue weighted by molar-refractivity contribution is -0.137. The van der Waals surface area contributed by atoms with E-state index in [2.05, 4.69) is 36.5 Å². The van der Waals surface area contributed by atoms with Crippen LogP contribution in [0.4, 0.5) is 5.69 Å². The molecule has 3 aromatic rings. The summed E-state index contributed by atoms with van der Waals surface area (Å²) in [6, 6.07) is 23.0. The zero-order valence-corrected chi connectivity index (χ0v) is 36.7. The van der Waals surface area contributed by atoms with Crippen LogP contribution >= 0.6 is 0 Å². The number of guanidine groups is 1. The first-order valence-corrected chi connectivity index (χ1v) is 21.6. The summed E-state index contributed by atoms with van der Waals surface area (Å²) in [5.74, 6) is -3.67. The maximum Gasteiger partial charge on any atom is 0.246 e. The number of allylic oxidation sites excluding steroid dienone is 1. The van der Waals surface area contributed by atoms with Gasteiger partial charge in [-0.15, -0.1) is 0 Å². The fraction of sp³-hybridized carbons (Fsp3) is 0.426. The van der Waals surface area contributed by atoms with Gasteiger partial charge in [0.05, 0.1) is 6.54 Å². The number of aliphatic imine (C=N–C) groups is 1. The fourth-order valence-electron chi connectivity index (χ4n) is 7.58. The summed E-state index contributed by atoms with van der Waals surface area (Å²) in [5, 5.41) is 14.2. The third-order valence-corrected chi connectivity index (χ3v) is 11.1. The molecule has 0 radical (unpaired) electrons. The number of rotatable bonds is 23. The van der Waals surface area contributed by atoms with Crippen molar-refractivity contribution in [1.82, 2.24) is 26.6 Å². The Balaban J connectivity index is 1.65. The number of primary amides is 1. The van der Waals surface area contributed by atoms with E-state index in [-0.39, 0.29) is 63.4 Å². The lowest BCUT2D eigenvalue weighted by atomic mass is 9.85. The van der Waals surface area contributed by atoms with Crippen molar-refractivity contribution in [3.05, 3.63) is 108 Å². The number of nitrogens with zero attached hydrogens (tertiary/aromatic N) is 2. The highest BCUT2D eigenvalue weighted by atomic mass is 16.2. The Morgan fingerprint density at radius 2 is 1.40 bits per heavy atom. The summed E-state index contributed by atoms with van der Waals surface area (Å²) in [6.45, 7) is 6.39. The number of piperidine rings is 1. The molecule has 338 valence electrons. The molecule has 0 bridgehead atoms. The minimum atomic E-state index is -1.31. The number of carbonyl (C=O) groups is 6. The Morgan fingerprint density at radius 1 is 0.778 bits per heavy atom. The molecule has 0 saturated carbocycles. The molecule has 3 atom stereocenters. The molecule has 63 heavy (non-hydrogen) atoms. The van der Waals surface area contributed by atoms with Crippen LogP contribution in [-0.2, 0) is 35.2 Å². The molecule has 16 nitrogen and oxygen atoms in total. The van der Waals surface area contributed by atoms with Crippen LogP contribution in [0, 0.1) is 6.92 Å². The Hall–Kier alpha value is -6.71. The molecular weight excluding hydrogens is 801 g/mol. The van der Waals surface area contributed by atoms with Crippen molar-refractivity contribution in [2.75, 3.05) is 31.1 Å². The van der Waals surface area contributed by atoms with Crippen LogP contribution in [0.15, 0.2) is 96.0 Å². The van der Waals surface area contributed by atoms with Crippen molar-refractivity contribution in [3.63, 3.8) is 0 Å². The molecule has 3 aromatic carbocycles. The van der Waals surface area contributed by atoms with E-state index in [1.807, 2.05) is 112 Å². The van der Waals surface area contributed by atoms with Crippen molar-refractivity contribution in [3.8, 4) is 0 Å². The number of hydrogen-bond acceptors (Lipinski definition) is 8. The first-order chi connectivity index (χ1) is 30.2. The molecule has 1 saturated heterocycles. The smallest absolute Gasteiger partial charge is 0.246 e. The van der Waals surface area contributed by atoms with Gasteiger partial charge in [-0.1, -0.05) is 92.2 Å². The van der Waals surface area contributed by atoms with E-state index in [1.165, 1.54) is 0 Å². The van der Waals surface area contributed by atoms with Gasteiger partial charge in [0.25, 0.3) is 0 Å². The van der Waals surface area contributed by atoms with Crippen LogP contribution in [-0.4, -0.2) is 91.2 Å². The molecule has 0 aliphatic carbocycles. The van der Waals surface area contributed by atoms with Crippen molar-refractivity contribution < 1.29 is 28.8 Å². The van der Waals surface area contributed by atoms with Gasteiger partial charge in [-0.05, 0) is 80.3 Å². The monoisotopic (exact) mass is 865 g/mol. The van der Waals surface area contributed by atoms with E-state index in [4.69, 9.17) is 17.2 Å². The SMILES string of the molecule is C/C=C(/C[C@H](NC(=O)[C@H](CCCN=C(N)N)NC(=O)[C@@H](Cc1ccccc1)NC(=O)C1(NC(=O)CCCC)CCN(c2ccccc2)CC1)C(=O)NCC(N)=O)c1ccccc1C. The van der Waals surface area contributed by atoms with Crippen LogP contribution in [0.25, 0.3) is 5.57 Å². The number of nitrogens with two attached hydrogens (primary N) is 3. The summed E-state index contributed by atoms with van der Waals surface area (Å²) in [6.07, 6.45) is 4.56. The third-order valence-electron chi connectivity index (χ3n) is 11.1. The number of carbonyl (C=O) groups excluding carboxylic acids is 6. The summed E-state index contributed by atoms with van der Waals surface area (Å²) in [7, 11) is 0. The van der Waals surface area contributed by atoms with E-state index in [0.717, 1.165) is 34.4 Å². The topological polar surface area (TPSA) is 256 Å². The van der Waals surface area contributed by atoms with Crippen LogP contribution in [0.1, 0.15) is 81.9 Å². The van der Waals surface area contributed by atoms with E-state index >= 15 is 0 Å². The Bertz CT molecular complexity index is 2060. The van der Waals surface area contributed by atoms with Gasteiger partial charge in [0.15, 0.2) is 5.96 Å². The van der Waals surface area contributed by atoms with Crippen LogP contribution in [0.2, 0.25) is 0 Å². The highest BCUT2D eigenvalue weighted by molar-refractivity contribution is 5.98. The molecule has 0 spiro atoms. The lowest BCUT2D eigenvalue weighted by Gasteiger charge is -2.42. The number of para-hydroxylation sites is 1. The number of nitrogens with one attached hydrogen (secondary N) is 5. The number of hydrogen-bond donors (Lipinski definition) is 8. The molecule has 6 amide bonds. The highest BCUT2D eigenvalue weighted by Gasteiger charge is 2.44. The van der Waals surface area contributed by atoms with Crippen molar-refractivity contribution in [2.24, 2.45) is 22.2 Å². The first kappa shape index (κ1) is 49.0. The third kappa shape index (κ3) is 15.3. The second kappa shape index (κ2) is 24.7. The molecule has 1 heterocycles. The molecule has 0 unspecified atom stereocenters. The number of unbranched alkanes of at least 4 members (excludes halogenated alkanes) is 1. The van der Waals surface area contributed by atoms with E-state index in [0.29, 0.717) is 19.5 Å². The number of aryl methyl sites for hydroxylation is 1. The fourth-order valence-corrected chi connectivity index (χ4v) is 7.58. The average Bonchev–Trinajstić information content (AvgIpc) is 3.27. The van der Waals surface area contributed by atoms with Gasteiger partial charge in [-0.3, -0.25) is 33.8 Å². The second-order valence-corrected chi connectivity index (χ2v) is 15.9. The zero-order chi connectivity index (χ0) is 45.8. The van der Waals surface area contributed by atoms with Crippen LogP contribution in [0.5, 0.6) is 0 Å². The molecule has 4 rings (SSSR count). The summed E-state index contributed by atoms with van der Waals surface area (Å²) >= 11 is 0. The number of benzene rings is 3. The molecule has 1 aliphatic heterocycles. The summed E-state index contributed by atoms with van der Waals surface area (Å²) < 4.78 is 0. The molecule has 1 fully saturated rings. The van der Waals surface area contributed by atoms with Crippen molar-refractivity contribution in [1.29, 1.82) is 0 Å². The Morgan fingerprint density at radius 3 is 2.02 bits per heavy atom. The predicted molar refractivity (Wildman–Crippen MR) is 246 cm³/mol. The average molecular weight is 865 g/mol. The van der Waals surface area contributed by atoms with Crippen LogP contribution < -0.4 is 48.7 Å². The van der Waals surface area contributed by atoms with Gasteiger partial charge in [0, 0.05) is 44.6 Å². The zero-order valence-electron chi connectivity index (χ0n) is 36.7. The first-order valence-electron chi connectivity index (χ1n) is 21.6. The summed E-state index contributed by atoms with van der Waals surface area (Å²) in [5.41, 5.74) is 19.5. The molecule has 16 heteroatoms. The van der Waals surface area contributed by atoms with Gasteiger partial charge in [0.1, 0.15) is 23.7 Å².